The Hall–Kier alpha value is -1.09. The number of nitrogens with one attached hydrogen (secondary N) is 1. The van der Waals surface area contributed by atoms with Crippen molar-refractivity contribution in [3.63, 3.8) is 0 Å². The quantitative estimate of drug-likeness (QED) is 0.869. The van der Waals surface area contributed by atoms with Gasteiger partial charge in [-0.05, 0) is 37.1 Å². The standard InChI is InChI=1S/C14H20FNO/c1-14(2,9-16-3)8-12-7-10-6-11(15)4-5-13(10)17-12/h4-6,12,16H,7-9H2,1-3H3. The first kappa shape index (κ1) is 12.4. The predicted octanol–water partition coefficient (Wildman–Crippen LogP) is 2.76. The van der Waals surface area contributed by atoms with Gasteiger partial charge in [-0.25, -0.2) is 4.39 Å². The van der Waals surface area contributed by atoms with Crippen LogP contribution in [0.25, 0.3) is 0 Å². The molecule has 0 spiro atoms. The molecule has 1 aliphatic rings. The van der Waals surface area contributed by atoms with Crippen LogP contribution in [0.5, 0.6) is 5.75 Å². The van der Waals surface area contributed by atoms with E-state index in [2.05, 4.69) is 19.2 Å². The van der Waals surface area contributed by atoms with Gasteiger partial charge < -0.3 is 10.1 Å². The fourth-order valence-corrected chi connectivity index (χ4v) is 2.57. The molecule has 1 aromatic carbocycles. The molecule has 0 aliphatic carbocycles. The van der Waals surface area contributed by atoms with Crippen LogP contribution in [-0.2, 0) is 6.42 Å². The van der Waals surface area contributed by atoms with E-state index in [9.17, 15) is 4.39 Å². The number of benzene rings is 1. The summed E-state index contributed by atoms with van der Waals surface area (Å²) in [6.45, 7) is 5.39. The molecule has 1 aliphatic heterocycles. The summed E-state index contributed by atoms with van der Waals surface area (Å²) in [4.78, 5) is 0. The third kappa shape index (κ3) is 2.97. The van der Waals surface area contributed by atoms with E-state index in [-0.39, 0.29) is 17.3 Å². The van der Waals surface area contributed by atoms with E-state index in [0.717, 1.165) is 30.7 Å². The molecule has 1 aromatic rings. The number of ether oxygens (including phenoxy) is 1. The molecule has 94 valence electrons. The molecule has 0 bridgehead atoms. The molecule has 1 N–H and O–H groups in total. The summed E-state index contributed by atoms with van der Waals surface area (Å²) >= 11 is 0. The summed E-state index contributed by atoms with van der Waals surface area (Å²) in [5, 5.41) is 3.20. The molecule has 0 saturated heterocycles. The molecular formula is C14H20FNO. The van der Waals surface area contributed by atoms with Gasteiger partial charge >= 0.3 is 0 Å². The van der Waals surface area contributed by atoms with Gasteiger partial charge in [-0.3, -0.25) is 0 Å². The molecule has 2 nitrogen and oxygen atoms in total. The van der Waals surface area contributed by atoms with Crippen molar-refractivity contribution < 1.29 is 9.13 Å². The van der Waals surface area contributed by atoms with Gasteiger partial charge in [0.25, 0.3) is 0 Å². The summed E-state index contributed by atoms with van der Waals surface area (Å²) < 4.78 is 18.9. The Balaban J connectivity index is 2.01. The molecule has 3 heteroatoms. The largest absolute Gasteiger partial charge is 0.490 e. The van der Waals surface area contributed by atoms with Crippen molar-refractivity contribution >= 4 is 0 Å². The Kier molecular flexibility index (Phi) is 3.38. The fourth-order valence-electron chi connectivity index (χ4n) is 2.57. The minimum atomic E-state index is -0.178. The highest BCUT2D eigenvalue weighted by Gasteiger charge is 2.29. The Morgan fingerprint density at radius 3 is 2.94 bits per heavy atom. The van der Waals surface area contributed by atoms with Gasteiger partial charge in [0, 0.05) is 18.5 Å². The maximum Gasteiger partial charge on any atom is 0.123 e. The van der Waals surface area contributed by atoms with Crippen LogP contribution in [0.2, 0.25) is 0 Å². The lowest BCUT2D eigenvalue weighted by atomic mass is 9.85. The minimum absolute atomic E-state index is 0.176. The average Bonchev–Trinajstić information content (AvgIpc) is 2.57. The van der Waals surface area contributed by atoms with Crippen LogP contribution in [-0.4, -0.2) is 19.7 Å². The van der Waals surface area contributed by atoms with E-state index in [1.165, 1.54) is 6.07 Å². The maximum absolute atomic E-state index is 13.1. The van der Waals surface area contributed by atoms with Gasteiger partial charge in [0.2, 0.25) is 0 Å². The van der Waals surface area contributed by atoms with E-state index < -0.39 is 0 Å². The van der Waals surface area contributed by atoms with Gasteiger partial charge in [0.15, 0.2) is 0 Å². The van der Waals surface area contributed by atoms with Crippen LogP contribution in [0.15, 0.2) is 18.2 Å². The molecule has 1 heterocycles. The lowest BCUT2D eigenvalue weighted by Gasteiger charge is -2.27. The summed E-state index contributed by atoms with van der Waals surface area (Å²) in [6, 6.07) is 4.77. The van der Waals surface area contributed by atoms with E-state index in [0.29, 0.717) is 0 Å². The van der Waals surface area contributed by atoms with Crippen LogP contribution < -0.4 is 10.1 Å². The zero-order chi connectivity index (χ0) is 12.5. The minimum Gasteiger partial charge on any atom is -0.490 e. The predicted molar refractivity (Wildman–Crippen MR) is 66.8 cm³/mol. The lowest BCUT2D eigenvalue weighted by molar-refractivity contribution is 0.156. The SMILES string of the molecule is CNCC(C)(C)CC1Cc2cc(F)ccc2O1. The van der Waals surface area contributed by atoms with Crippen molar-refractivity contribution in [1.82, 2.24) is 5.32 Å². The fraction of sp³-hybridized carbons (Fsp3) is 0.571. The maximum atomic E-state index is 13.1. The first-order chi connectivity index (χ1) is 8.00. The van der Waals surface area contributed by atoms with E-state index in [1.54, 1.807) is 12.1 Å². The molecule has 17 heavy (non-hydrogen) atoms. The Morgan fingerprint density at radius 2 is 2.24 bits per heavy atom. The average molecular weight is 237 g/mol. The van der Waals surface area contributed by atoms with E-state index in [1.807, 2.05) is 7.05 Å². The van der Waals surface area contributed by atoms with Crippen LogP contribution in [0, 0.1) is 11.2 Å². The highest BCUT2D eigenvalue weighted by Crippen LogP contribution is 2.34. The second-order valence-corrected chi connectivity index (χ2v) is 5.59. The second kappa shape index (κ2) is 4.65. The summed E-state index contributed by atoms with van der Waals surface area (Å²) in [7, 11) is 1.96. The van der Waals surface area contributed by atoms with Gasteiger partial charge in [-0.1, -0.05) is 13.8 Å². The second-order valence-electron chi connectivity index (χ2n) is 5.59. The van der Waals surface area contributed by atoms with Crippen LogP contribution >= 0.6 is 0 Å². The monoisotopic (exact) mass is 237 g/mol. The summed E-state index contributed by atoms with van der Waals surface area (Å²) in [5.41, 5.74) is 1.19. The molecular weight excluding hydrogens is 217 g/mol. The van der Waals surface area contributed by atoms with Crippen LogP contribution in [0.3, 0.4) is 0 Å². The number of fused-ring (bicyclic) bond motifs is 1. The normalized spacial score (nSPS) is 18.9. The van der Waals surface area contributed by atoms with Crippen molar-refractivity contribution in [1.29, 1.82) is 0 Å². The van der Waals surface area contributed by atoms with Crippen molar-refractivity contribution in [2.75, 3.05) is 13.6 Å². The number of hydrogen-bond acceptors (Lipinski definition) is 2. The molecule has 0 fully saturated rings. The van der Waals surface area contributed by atoms with Crippen LogP contribution in [0.1, 0.15) is 25.8 Å². The molecule has 0 saturated carbocycles. The highest BCUT2D eigenvalue weighted by molar-refractivity contribution is 5.37. The molecule has 1 atom stereocenters. The van der Waals surface area contributed by atoms with E-state index in [4.69, 9.17) is 4.74 Å². The molecule has 0 aromatic heterocycles. The third-order valence-corrected chi connectivity index (χ3v) is 3.20. The Morgan fingerprint density at radius 1 is 1.47 bits per heavy atom. The number of halogens is 1. The van der Waals surface area contributed by atoms with Crippen molar-refractivity contribution in [2.45, 2.75) is 32.8 Å². The zero-order valence-corrected chi connectivity index (χ0v) is 10.7. The first-order valence-electron chi connectivity index (χ1n) is 6.10. The Bertz CT molecular complexity index is 403. The molecule has 1 unspecified atom stereocenters. The lowest BCUT2D eigenvalue weighted by Crippen LogP contribution is -2.32. The van der Waals surface area contributed by atoms with Crippen molar-refractivity contribution in [3.8, 4) is 5.75 Å². The summed E-state index contributed by atoms with van der Waals surface area (Å²) in [5.74, 6) is 0.666. The van der Waals surface area contributed by atoms with Gasteiger partial charge in [-0.2, -0.15) is 0 Å². The van der Waals surface area contributed by atoms with Gasteiger partial charge in [-0.15, -0.1) is 0 Å². The van der Waals surface area contributed by atoms with Crippen LogP contribution in [0.4, 0.5) is 4.39 Å². The van der Waals surface area contributed by atoms with Gasteiger partial charge in [0.05, 0.1) is 0 Å². The third-order valence-electron chi connectivity index (χ3n) is 3.20. The Labute approximate surface area is 102 Å². The van der Waals surface area contributed by atoms with Crippen molar-refractivity contribution in [3.05, 3.63) is 29.6 Å². The van der Waals surface area contributed by atoms with E-state index >= 15 is 0 Å². The molecule has 2 rings (SSSR count). The first-order valence-corrected chi connectivity index (χ1v) is 6.10. The zero-order valence-electron chi connectivity index (χ0n) is 10.7. The highest BCUT2D eigenvalue weighted by atomic mass is 19.1. The summed E-state index contributed by atoms with van der Waals surface area (Å²) in [6.07, 6.45) is 1.97. The number of hydrogen-bond donors (Lipinski definition) is 1. The topological polar surface area (TPSA) is 21.3 Å². The van der Waals surface area contributed by atoms with Gasteiger partial charge in [0.1, 0.15) is 17.7 Å². The molecule has 0 amide bonds. The number of rotatable bonds is 4. The van der Waals surface area contributed by atoms with Crippen molar-refractivity contribution in [2.24, 2.45) is 5.41 Å². The molecule has 0 radical (unpaired) electrons. The smallest absolute Gasteiger partial charge is 0.123 e.